The Labute approximate surface area is 126 Å². The molecule has 0 amide bonds. The lowest BCUT2D eigenvalue weighted by Crippen LogP contribution is -2.22. The van der Waals surface area contributed by atoms with E-state index in [0.717, 1.165) is 16.8 Å². The number of aliphatic hydroxyl groups excluding tert-OH is 1. The molecule has 21 heavy (non-hydrogen) atoms. The van der Waals surface area contributed by atoms with Crippen molar-refractivity contribution >= 4 is 5.69 Å². The van der Waals surface area contributed by atoms with Crippen molar-refractivity contribution in [2.45, 2.75) is 19.6 Å². The van der Waals surface area contributed by atoms with Gasteiger partial charge in [0, 0.05) is 50.8 Å². The molecule has 1 aromatic carbocycles. The van der Waals surface area contributed by atoms with Gasteiger partial charge in [-0.15, -0.1) is 0 Å². The van der Waals surface area contributed by atoms with Gasteiger partial charge in [-0.2, -0.15) is 0 Å². The van der Waals surface area contributed by atoms with Crippen molar-refractivity contribution in [2.24, 2.45) is 0 Å². The van der Waals surface area contributed by atoms with E-state index in [4.69, 9.17) is 0 Å². The van der Waals surface area contributed by atoms with Crippen LogP contribution >= 0.6 is 0 Å². The number of nitrogens with one attached hydrogen (secondary N) is 1. The predicted molar refractivity (Wildman–Crippen MR) is 86.4 cm³/mol. The summed E-state index contributed by atoms with van der Waals surface area (Å²) in [4.78, 5) is 6.23. The molecule has 0 saturated heterocycles. The second-order valence-corrected chi connectivity index (χ2v) is 5.46. The van der Waals surface area contributed by atoms with E-state index in [0.29, 0.717) is 13.1 Å². The lowest BCUT2D eigenvalue weighted by Gasteiger charge is -2.18. The average Bonchev–Trinajstić information content (AvgIpc) is 2.48. The number of nitrogens with zero attached hydrogens (tertiary/aromatic N) is 2. The van der Waals surface area contributed by atoms with Crippen molar-refractivity contribution < 1.29 is 5.11 Å². The fraction of sp³-hybridized carbons (Fsp3) is 0.353. The lowest BCUT2D eigenvalue weighted by atomic mass is 10.1. The molecule has 0 aliphatic heterocycles. The first-order valence-electron chi connectivity index (χ1n) is 7.13. The van der Waals surface area contributed by atoms with E-state index in [9.17, 15) is 5.11 Å². The summed E-state index contributed by atoms with van der Waals surface area (Å²) in [5, 5.41) is 13.5. The van der Waals surface area contributed by atoms with Crippen LogP contribution < -0.4 is 10.2 Å². The zero-order chi connectivity index (χ0) is 15.2. The highest BCUT2D eigenvalue weighted by atomic mass is 16.3. The highest BCUT2D eigenvalue weighted by Gasteiger charge is 2.08. The SMILES string of the molecule is Cc1ccc(C(O)CNCc2cnccc2N(C)C)cc1. The predicted octanol–water partition coefficient (Wildman–Crippen LogP) is 2.28. The Morgan fingerprint density at radius 3 is 2.57 bits per heavy atom. The maximum Gasteiger partial charge on any atom is 0.0914 e. The summed E-state index contributed by atoms with van der Waals surface area (Å²) in [6.45, 7) is 3.24. The summed E-state index contributed by atoms with van der Waals surface area (Å²) in [7, 11) is 4.03. The Kier molecular flexibility index (Phi) is 5.31. The minimum Gasteiger partial charge on any atom is -0.387 e. The van der Waals surface area contributed by atoms with Crippen molar-refractivity contribution in [2.75, 3.05) is 25.5 Å². The monoisotopic (exact) mass is 285 g/mol. The molecular weight excluding hydrogens is 262 g/mol. The molecule has 0 bridgehead atoms. The van der Waals surface area contributed by atoms with Crippen LogP contribution in [-0.2, 0) is 6.54 Å². The van der Waals surface area contributed by atoms with Gasteiger partial charge in [-0.3, -0.25) is 4.98 Å². The zero-order valence-corrected chi connectivity index (χ0v) is 12.9. The third-order valence-corrected chi connectivity index (χ3v) is 3.47. The number of aliphatic hydroxyl groups is 1. The molecular formula is C17H23N3O. The Morgan fingerprint density at radius 1 is 1.19 bits per heavy atom. The molecule has 2 N–H and O–H groups in total. The van der Waals surface area contributed by atoms with E-state index < -0.39 is 6.10 Å². The van der Waals surface area contributed by atoms with Crippen LogP contribution in [0.3, 0.4) is 0 Å². The molecule has 112 valence electrons. The first kappa shape index (κ1) is 15.5. The summed E-state index contributed by atoms with van der Waals surface area (Å²) in [6.07, 6.45) is 3.16. The molecule has 1 atom stereocenters. The third-order valence-electron chi connectivity index (χ3n) is 3.47. The standard InChI is InChI=1S/C17H23N3O/c1-13-4-6-14(7-5-13)17(21)12-19-11-15-10-18-9-8-16(15)20(2)3/h4-10,17,19,21H,11-12H2,1-3H3. The molecule has 0 aliphatic rings. The van der Waals surface area contributed by atoms with Gasteiger partial charge >= 0.3 is 0 Å². The van der Waals surface area contributed by atoms with E-state index >= 15 is 0 Å². The molecule has 0 saturated carbocycles. The summed E-state index contributed by atoms with van der Waals surface area (Å²) in [6, 6.07) is 9.97. The van der Waals surface area contributed by atoms with Crippen LogP contribution in [0.4, 0.5) is 5.69 Å². The van der Waals surface area contributed by atoms with E-state index in [1.807, 2.05) is 57.5 Å². The fourth-order valence-electron chi connectivity index (χ4n) is 2.24. The normalized spacial score (nSPS) is 12.2. The molecule has 0 fully saturated rings. The molecule has 1 heterocycles. The first-order valence-corrected chi connectivity index (χ1v) is 7.13. The summed E-state index contributed by atoms with van der Waals surface area (Å²) in [5.41, 5.74) is 4.40. The minimum atomic E-state index is -0.495. The highest BCUT2D eigenvalue weighted by Crippen LogP contribution is 2.17. The number of hydrogen-bond donors (Lipinski definition) is 2. The van der Waals surface area contributed by atoms with Crippen LogP contribution in [0.5, 0.6) is 0 Å². The smallest absolute Gasteiger partial charge is 0.0914 e. The van der Waals surface area contributed by atoms with Crippen LogP contribution in [0.25, 0.3) is 0 Å². The summed E-state index contributed by atoms with van der Waals surface area (Å²) in [5.74, 6) is 0. The number of hydrogen-bond acceptors (Lipinski definition) is 4. The van der Waals surface area contributed by atoms with Gasteiger partial charge in [-0.25, -0.2) is 0 Å². The molecule has 2 rings (SSSR count). The highest BCUT2D eigenvalue weighted by molar-refractivity contribution is 5.50. The van der Waals surface area contributed by atoms with Gasteiger partial charge in [-0.05, 0) is 18.6 Å². The maximum absolute atomic E-state index is 10.2. The van der Waals surface area contributed by atoms with Crippen molar-refractivity contribution in [3.63, 3.8) is 0 Å². The van der Waals surface area contributed by atoms with E-state index in [-0.39, 0.29) is 0 Å². The number of aryl methyl sites for hydroxylation is 1. The number of rotatable bonds is 6. The van der Waals surface area contributed by atoms with Crippen molar-refractivity contribution in [1.82, 2.24) is 10.3 Å². The summed E-state index contributed by atoms with van der Waals surface area (Å²) >= 11 is 0. The van der Waals surface area contributed by atoms with E-state index in [1.165, 1.54) is 5.56 Å². The van der Waals surface area contributed by atoms with Crippen LogP contribution in [0, 0.1) is 6.92 Å². The Morgan fingerprint density at radius 2 is 1.90 bits per heavy atom. The third kappa shape index (κ3) is 4.28. The van der Waals surface area contributed by atoms with E-state index in [2.05, 4.69) is 15.2 Å². The van der Waals surface area contributed by atoms with Crippen molar-refractivity contribution in [1.29, 1.82) is 0 Å². The molecule has 1 unspecified atom stereocenters. The van der Waals surface area contributed by atoms with E-state index in [1.54, 1.807) is 6.20 Å². The molecule has 2 aromatic rings. The van der Waals surface area contributed by atoms with Gasteiger partial charge < -0.3 is 15.3 Å². The van der Waals surface area contributed by atoms with Gasteiger partial charge in [0.2, 0.25) is 0 Å². The van der Waals surface area contributed by atoms with Gasteiger partial charge in [0.1, 0.15) is 0 Å². The first-order chi connectivity index (χ1) is 10.1. The Balaban J connectivity index is 1.91. The number of anilines is 1. The summed E-state index contributed by atoms with van der Waals surface area (Å²) < 4.78 is 0. The molecule has 0 spiro atoms. The molecule has 0 aliphatic carbocycles. The van der Waals surface area contributed by atoms with Gasteiger partial charge in [0.25, 0.3) is 0 Å². The van der Waals surface area contributed by atoms with Gasteiger partial charge in [0.05, 0.1) is 6.10 Å². The molecule has 4 nitrogen and oxygen atoms in total. The topological polar surface area (TPSA) is 48.4 Å². The molecule has 0 radical (unpaired) electrons. The molecule has 4 heteroatoms. The second-order valence-electron chi connectivity index (χ2n) is 5.46. The van der Waals surface area contributed by atoms with Crippen molar-refractivity contribution in [3.05, 3.63) is 59.4 Å². The number of benzene rings is 1. The van der Waals surface area contributed by atoms with Gasteiger partial charge in [0.15, 0.2) is 0 Å². The van der Waals surface area contributed by atoms with Gasteiger partial charge in [-0.1, -0.05) is 29.8 Å². The zero-order valence-electron chi connectivity index (χ0n) is 12.9. The van der Waals surface area contributed by atoms with Crippen LogP contribution in [-0.4, -0.2) is 30.7 Å². The fourth-order valence-corrected chi connectivity index (χ4v) is 2.24. The quantitative estimate of drug-likeness (QED) is 0.855. The largest absolute Gasteiger partial charge is 0.387 e. The molecule has 1 aromatic heterocycles. The second kappa shape index (κ2) is 7.20. The maximum atomic E-state index is 10.2. The number of aromatic nitrogens is 1. The van der Waals surface area contributed by atoms with Crippen LogP contribution in [0.1, 0.15) is 22.8 Å². The van der Waals surface area contributed by atoms with Crippen molar-refractivity contribution in [3.8, 4) is 0 Å². The Hall–Kier alpha value is -1.91. The average molecular weight is 285 g/mol. The minimum absolute atomic E-state index is 0.495. The number of pyridine rings is 1. The Bertz CT molecular complexity index is 567. The lowest BCUT2D eigenvalue weighted by molar-refractivity contribution is 0.174. The van der Waals surface area contributed by atoms with Crippen LogP contribution in [0.15, 0.2) is 42.7 Å². The van der Waals surface area contributed by atoms with Crippen LogP contribution in [0.2, 0.25) is 0 Å².